The zero-order valence-corrected chi connectivity index (χ0v) is 15.3. The molecular formula is C19H31N3O2. The largest absolute Gasteiger partial charge is 0.353 e. The predicted molar refractivity (Wildman–Crippen MR) is 98.1 cm³/mol. The van der Waals surface area contributed by atoms with Crippen LogP contribution in [0.5, 0.6) is 0 Å². The van der Waals surface area contributed by atoms with E-state index in [1.165, 1.54) is 0 Å². The summed E-state index contributed by atoms with van der Waals surface area (Å²) in [7, 11) is 0. The lowest BCUT2D eigenvalue weighted by atomic mass is 10.0. The fourth-order valence-electron chi connectivity index (χ4n) is 2.47. The van der Waals surface area contributed by atoms with E-state index in [0.29, 0.717) is 24.4 Å². The summed E-state index contributed by atoms with van der Waals surface area (Å²) in [5.41, 5.74) is 1.52. The SMILES string of the molecule is CCCNCCNC(=O)C(CC(C)C)NC(=O)c1ccccc1C. The highest BCUT2D eigenvalue weighted by Gasteiger charge is 2.22. The average Bonchev–Trinajstić information content (AvgIpc) is 2.53. The van der Waals surface area contributed by atoms with Gasteiger partial charge in [0, 0.05) is 18.7 Å². The van der Waals surface area contributed by atoms with E-state index in [1.54, 1.807) is 6.07 Å². The second-order valence-electron chi connectivity index (χ2n) is 6.51. The van der Waals surface area contributed by atoms with Gasteiger partial charge in [-0.25, -0.2) is 0 Å². The molecule has 134 valence electrons. The van der Waals surface area contributed by atoms with Crippen molar-refractivity contribution in [3.05, 3.63) is 35.4 Å². The van der Waals surface area contributed by atoms with Gasteiger partial charge in [-0.2, -0.15) is 0 Å². The van der Waals surface area contributed by atoms with Crippen LogP contribution in [0, 0.1) is 12.8 Å². The highest BCUT2D eigenvalue weighted by molar-refractivity contribution is 5.98. The Morgan fingerprint density at radius 1 is 1.08 bits per heavy atom. The van der Waals surface area contributed by atoms with Crippen molar-refractivity contribution in [2.24, 2.45) is 5.92 Å². The topological polar surface area (TPSA) is 70.2 Å². The van der Waals surface area contributed by atoms with Crippen LogP contribution in [0.15, 0.2) is 24.3 Å². The summed E-state index contributed by atoms with van der Waals surface area (Å²) >= 11 is 0. The molecule has 1 rings (SSSR count). The molecule has 1 aromatic carbocycles. The van der Waals surface area contributed by atoms with Crippen molar-refractivity contribution in [2.75, 3.05) is 19.6 Å². The molecule has 0 aliphatic rings. The minimum absolute atomic E-state index is 0.121. The molecule has 1 atom stereocenters. The van der Waals surface area contributed by atoms with Gasteiger partial charge in [0.1, 0.15) is 6.04 Å². The van der Waals surface area contributed by atoms with Crippen LogP contribution in [0.1, 0.15) is 49.5 Å². The lowest BCUT2D eigenvalue weighted by Gasteiger charge is -2.21. The first-order valence-electron chi connectivity index (χ1n) is 8.80. The summed E-state index contributed by atoms with van der Waals surface area (Å²) in [5, 5.41) is 9.03. The molecule has 2 amide bonds. The number of nitrogens with one attached hydrogen (secondary N) is 3. The number of amides is 2. The quantitative estimate of drug-likeness (QED) is 0.575. The lowest BCUT2D eigenvalue weighted by Crippen LogP contribution is -2.48. The van der Waals surface area contributed by atoms with E-state index in [4.69, 9.17) is 0 Å². The maximum atomic E-state index is 12.5. The standard InChI is InChI=1S/C19H31N3O2/c1-5-10-20-11-12-21-19(24)17(13-14(2)3)22-18(23)16-9-7-6-8-15(16)4/h6-9,14,17,20H,5,10-13H2,1-4H3,(H,21,24)(H,22,23). The van der Waals surface area contributed by atoms with Crippen LogP contribution in [-0.2, 0) is 4.79 Å². The fourth-order valence-corrected chi connectivity index (χ4v) is 2.47. The second kappa shape index (κ2) is 10.8. The fraction of sp³-hybridized carbons (Fsp3) is 0.579. The van der Waals surface area contributed by atoms with Gasteiger partial charge >= 0.3 is 0 Å². The summed E-state index contributed by atoms with van der Waals surface area (Å²) in [6.45, 7) is 10.3. The van der Waals surface area contributed by atoms with E-state index in [1.807, 2.05) is 39.0 Å². The molecule has 0 aliphatic carbocycles. The minimum Gasteiger partial charge on any atom is -0.353 e. The lowest BCUT2D eigenvalue weighted by molar-refractivity contribution is -0.123. The van der Waals surface area contributed by atoms with Gasteiger partial charge in [0.05, 0.1) is 0 Å². The summed E-state index contributed by atoms with van der Waals surface area (Å²) in [6.07, 6.45) is 1.68. The number of carbonyl (C=O) groups is 2. The number of benzene rings is 1. The molecule has 1 aromatic rings. The van der Waals surface area contributed by atoms with Gasteiger partial charge < -0.3 is 16.0 Å². The van der Waals surface area contributed by atoms with Gasteiger partial charge in [-0.05, 0) is 43.9 Å². The number of aryl methyl sites for hydroxylation is 1. The van der Waals surface area contributed by atoms with E-state index >= 15 is 0 Å². The molecule has 0 aromatic heterocycles. The maximum Gasteiger partial charge on any atom is 0.252 e. The molecule has 5 nitrogen and oxygen atoms in total. The Hall–Kier alpha value is -1.88. The minimum atomic E-state index is -0.511. The van der Waals surface area contributed by atoms with Gasteiger partial charge in [-0.3, -0.25) is 9.59 Å². The molecule has 1 unspecified atom stereocenters. The highest BCUT2D eigenvalue weighted by Crippen LogP contribution is 2.10. The Balaban J connectivity index is 2.62. The Morgan fingerprint density at radius 3 is 2.42 bits per heavy atom. The molecule has 0 aliphatic heterocycles. The van der Waals surface area contributed by atoms with Crippen molar-refractivity contribution in [3.63, 3.8) is 0 Å². The third-order valence-corrected chi connectivity index (χ3v) is 3.75. The molecule has 5 heteroatoms. The van der Waals surface area contributed by atoms with Crippen molar-refractivity contribution in [1.82, 2.24) is 16.0 Å². The Kier molecular flexibility index (Phi) is 9.08. The van der Waals surface area contributed by atoms with Gasteiger partial charge in [-0.15, -0.1) is 0 Å². The highest BCUT2D eigenvalue weighted by atomic mass is 16.2. The van der Waals surface area contributed by atoms with Crippen molar-refractivity contribution in [2.45, 2.75) is 46.6 Å². The van der Waals surface area contributed by atoms with Crippen molar-refractivity contribution in [1.29, 1.82) is 0 Å². The zero-order chi connectivity index (χ0) is 17.9. The van der Waals surface area contributed by atoms with Crippen molar-refractivity contribution >= 4 is 11.8 Å². The summed E-state index contributed by atoms with van der Waals surface area (Å²) in [5.74, 6) is -0.00178. The Morgan fingerprint density at radius 2 is 1.79 bits per heavy atom. The Bertz CT molecular complexity index is 529. The van der Waals surface area contributed by atoms with E-state index in [9.17, 15) is 9.59 Å². The van der Waals surface area contributed by atoms with Gasteiger partial charge in [0.2, 0.25) is 5.91 Å². The first-order chi connectivity index (χ1) is 11.5. The average molecular weight is 333 g/mol. The number of carbonyl (C=O) groups excluding carboxylic acids is 2. The van der Waals surface area contributed by atoms with Crippen molar-refractivity contribution < 1.29 is 9.59 Å². The van der Waals surface area contributed by atoms with Crippen LogP contribution in [0.25, 0.3) is 0 Å². The van der Waals surface area contributed by atoms with Crippen LogP contribution in [0.3, 0.4) is 0 Å². The van der Waals surface area contributed by atoms with E-state index in [-0.39, 0.29) is 11.8 Å². The molecule has 0 fully saturated rings. The van der Waals surface area contributed by atoms with Crippen LogP contribution in [-0.4, -0.2) is 37.5 Å². The second-order valence-corrected chi connectivity index (χ2v) is 6.51. The first kappa shape index (κ1) is 20.2. The number of hydrogen-bond donors (Lipinski definition) is 3. The molecule has 0 spiro atoms. The normalized spacial score (nSPS) is 12.0. The predicted octanol–water partition coefficient (Wildman–Crippen LogP) is 2.26. The molecule has 0 saturated heterocycles. The van der Waals surface area contributed by atoms with Crippen molar-refractivity contribution in [3.8, 4) is 0 Å². The van der Waals surface area contributed by atoms with E-state index in [0.717, 1.165) is 25.1 Å². The van der Waals surface area contributed by atoms with Crippen LogP contribution in [0.2, 0.25) is 0 Å². The first-order valence-corrected chi connectivity index (χ1v) is 8.80. The molecule has 0 bridgehead atoms. The molecule has 24 heavy (non-hydrogen) atoms. The third-order valence-electron chi connectivity index (χ3n) is 3.75. The van der Waals surface area contributed by atoms with Crippen LogP contribution < -0.4 is 16.0 Å². The maximum absolute atomic E-state index is 12.5. The van der Waals surface area contributed by atoms with E-state index in [2.05, 4.69) is 22.9 Å². The summed E-state index contributed by atoms with van der Waals surface area (Å²) in [6, 6.07) is 6.89. The number of rotatable bonds is 10. The monoisotopic (exact) mass is 333 g/mol. The van der Waals surface area contributed by atoms with Gasteiger partial charge in [0.25, 0.3) is 5.91 Å². The molecular weight excluding hydrogens is 302 g/mol. The van der Waals surface area contributed by atoms with Crippen LogP contribution >= 0.6 is 0 Å². The van der Waals surface area contributed by atoms with Gasteiger partial charge in [-0.1, -0.05) is 39.0 Å². The summed E-state index contributed by atoms with van der Waals surface area (Å²) < 4.78 is 0. The zero-order valence-electron chi connectivity index (χ0n) is 15.3. The van der Waals surface area contributed by atoms with Gasteiger partial charge in [0.15, 0.2) is 0 Å². The molecule has 0 saturated carbocycles. The number of hydrogen-bond acceptors (Lipinski definition) is 3. The molecule has 0 heterocycles. The molecule has 0 radical (unpaired) electrons. The smallest absolute Gasteiger partial charge is 0.252 e. The summed E-state index contributed by atoms with van der Waals surface area (Å²) in [4.78, 5) is 24.9. The van der Waals surface area contributed by atoms with Crippen LogP contribution in [0.4, 0.5) is 0 Å². The molecule has 3 N–H and O–H groups in total. The Labute approximate surface area is 145 Å². The third kappa shape index (κ3) is 7.13. The van der Waals surface area contributed by atoms with E-state index < -0.39 is 6.04 Å².